The lowest BCUT2D eigenvalue weighted by Gasteiger charge is -2.55. The standard InChI is InChI=1S/C21H23NO5/c23-19(21-10-15-7-16(11-21)9-17(8-15)12-21)13-27-20(24)6-3-14-1-4-18(5-2-14)22(25)26/h1-6,15-17H,7-13H2/b6-3+. The number of non-ortho nitro benzene ring substituents is 1. The maximum absolute atomic E-state index is 12.8. The molecule has 6 heteroatoms. The molecule has 0 N–H and O–H groups in total. The van der Waals surface area contributed by atoms with Gasteiger partial charge in [0.2, 0.25) is 0 Å². The van der Waals surface area contributed by atoms with E-state index in [-0.39, 0.29) is 23.5 Å². The van der Waals surface area contributed by atoms with E-state index >= 15 is 0 Å². The van der Waals surface area contributed by atoms with E-state index in [4.69, 9.17) is 4.74 Å². The monoisotopic (exact) mass is 369 g/mol. The van der Waals surface area contributed by atoms with Crippen LogP contribution in [0.5, 0.6) is 0 Å². The number of hydrogen-bond acceptors (Lipinski definition) is 5. The van der Waals surface area contributed by atoms with Crippen LogP contribution in [0.25, 0.3) is 6.08 Å². The van der Waals surface area contributed by atoms with Crippen LogP contribution in [0.3, 0.4) is 0 Å². The van der Waals surface area contributed by atoms with Gasteiger partial charge in [-0.1, -0.05) is 0 Å². The van der Waals surface area contributed by atoms with Gasteiger partial charge in [-0.25, -0.2) is 4.79 Å². The fraction of sp³-hybridized carbons (Fsp3) is 0.524. The molecule has 0 heterocycles. The molecular formula is C21H23NO5. The number of carbonyl (C=O) groups is 2. The lowest BCUT2D eigenvalue weighted by molar-refractivity contribution is -0.384. The van der Waals surface area contributed by atoms with Crippen molar-refractivity contribution in [2.75, 3.05) is 6.61 Å². The summed E-state index contributed by atoms with van der Waals surface area (Å²) in [4.78, 5) is 34.9. The number of ketones is 1. The second-order valence-corrected chi connectivity index (χ2v) is 8.41. The Bertz CT molecular complexity index is 760. The summed E-state index contributed by atoms with van der Waals surface area (Å²) in [6.45, 7) is -0.157. The van der Waals surface area contributed by atoms with Crippen molar-refractivity contribution in [3.63, 3.8) is 0 Å². The third kappa shape index (κ3) is 3.66. The number of nitro benzene ring substituents is 1. The van der Waals surface area contributed by atoms with Crippen LogP contribution in [0.15, 0.2) is 30.3 Å². The van der Waals surface area contributed by atoms with Crippen LogP contribution in [-0.2, 0) is 14.3 Å². The quantitative estimate of drug-likeness (QED) is 0.328. The summed E-state index contributed by atoms with van der Waals surface area (Å²) >= 11 is 0. The highest BCUT2D eigenvalue weighted by atomic mass is 16.6. The van der Waals surface area contributed by atoms with E-state index in [1.54, 1.807) is 12.1 Å². The van der Waals surface area contributed by atoms with E-state index in [1.807, 2.05) is 0 Å². The maximum atomic E-state index is 12.8. The molecule has 0 aromatic heterocycles. The molecule has 5 rings (SSSR count). The van der Waals surface area contributed by atoms with Crippen LogP contribution >= 0.6 is 0 Å². The minimum atomic E-state index is -0.563. The van der Waals surface area contributed by atoms with Crippen molar-refractivity contribution >= 4 is 23.5 Å². The zero-order valence-corrected chi connectivity index (χ0v) is 15.1. The largest absolute Gasteiger partial charge is 0.455 e. The Balaban J connectivity index is 1.31. The van der Waals surface area contributed by atoms with Crippen LogP contribution in [0.2, 0.25) is 0 Å². The maximum Gasteiger partial charge on any atom is 0.331 e. The summed E-state index contributed by atoms with van der Waals surface area (Å²) in [5, 5.41) is 10.6. The first-order valence-corrected chi connectivity index (χ1v) is 9.56. The second kappa shape index (κ2) is 6.91. The highest BCUT2D eigenvalue weighted by Crippen LogP contribution is 2.60. The summed E-state index contributed by atoms with van der Waals surface area (Å²) < 4.78 is 5.19. The Hall–Kier alpha value is -2.50. The van der Waals surface area contributed by atoms with Crippen molar-refractivity contribution in [2.24, 2.45) is 23.2 Å². The van der Waals surface area contributed by atoms with E-state index in [9.17, 15) is 19.7 Å². The smallest absolute Gasteiger partial charge is 0.331 e. The van der Waals surface area contributed by atoms with Gasteiger partial charge in [-0.2, -0.15) is 0 Å². The molecule has 0 unspecified atom stereocenters. The molecule has 0 aliphatic heterocycles. The van der Waals surface area contributed by atoms with Gasteiger partial charge in [0.05, 0.1) is 4.92 Å². The summed E-state index contributed by atoms with van der Waals surface area (Å²) in [6, 6.07) is 5.87. The molecule has 4 bridgehead atoms. The van der Waals surface area contributed by atoms with Crippen molar-refractivity contribution in [3.8, 4) is 0 Å². The average Bonchev–Trinajstić information content (AvgIpc) is 2.63. The first-order chi connectivity index (χ1) is 12.9. The van der Waals surface area contributed by atoms with Crippen LogP contribution < -0.4 is 0 Å². The Morgan fingerprint density at radius 1 is 1.07 bits per heavy atom. The highest BCUT2D eigenvalue weighted by Gasteiger charge is 2.54. The Morgan fingerprint density at radius 2 is 1.63 bits per heavy atom. The predicted octanol–water partition coefficient (Wildman–Crippen LogP) is 3.94. The summed E-state index contributed by atoms with van der Waals surface area (Å²) in [5.74, 6) is 1.55. The van der Waals surface area contributed by atoms with Crippen molar-refractivity contribution in [1.29, 1.82) is 0 Å². The molecule has 4 fully saturated rings. The van der Waals surface area contributed by atoms with Gasteiger partial charge >= 0.3 is 5.97 Å². The molecular weight excluding hydrogens is 346 g/mol. The van der Waals surface area contributed by atoms with E-state index in [0.717, 1.165) is 19.3 Å². The molecule has 0 amide bonds. The molecule has 1 aromatic rings. The van der Waals surface area contributed by atoms with Crippen LogP contribution in [-0.4, -0.2) is 23.3 Å². The molecule has 6 nitrogen and oxygen atoms in total. The lowest BCUT2D eigenvalue weighted by atomic mass is 9.48. The van der Waals surface area contributed by atoms with Gasteiger partial charge in [-0.15, -0.1) is 0 Å². The van der Waals surface area contributed by atoms with Gasteiger partial charge in [0.15, 0.2) is 12.4 Å². The molecule has 1 aromatic carbocycles. The number of nitrogens with zero attached hydrogens (tertiary/aromatic N) is 1. The molecule has 0 atom stereocenters. The molecule has 0 spiro atoms. The molecule has 4 aliphatic rings. The van der Waals surface area contributed by atoms with Gasteiger partial charge in [-0.05, 0) is 80.1 Å². The molecule has 0 saturated heterocycles. The van der Waals surface area contributed by atoms with E-state index in [1.165, 1.54) is 43.5 Å². The summed E-state index contributed by atoms with van der Waals surface area (Å²) in [7, 11) is 0. The number of Topliss-reactive ketones (excluding diaryl/α,β-unsaturated/α-hetero) is 1. The van der Waals surface area contributed by atoms with Crippen molar-refractivity contribution in [1.82, 2.24) is 0 Å². The van der Waals surface area contributed by atoms with Gasteiger partial charge in [0, 0.05) is 23.6 Å². The van der Waals surface area contributed by atoms with Crippen LogP contribution in [0.4, 0.5) is 5.69 Å². The molecule has 142 valence electrons. The van der Waals surface area contributed by atoms with Gasteiger partial charge < -0.3 is 4.74 Å². The lowest BCUT2D eigenvalue weighted by Crippen LogP contribution is -2.51. The van der Waals surface area contributed by atoms with Gasteiger partial charge in [0.25, 0.3) is 5.69 Å². The molecule has 4 aliphatic carbocycles. The number of carbonyl (C=O) groups excluding carboxylic acids is 2. The minimum Gasteiger partial charge on any atom is -0.455 e. The SMILES string of the molecule is O=C(/C=C/c1ccc([N+](=O)[O-])cc1)OCC(=O)C12CC3CC(CC(C3)C1)C2. The van der Waals surface area contributed by atoms with Gasteiger partial charge in [0.1, 0.15) is 0 Å². The number of ether oxygens (including phenoxy) is 1. The number of rotatable bonds is 6. The van der Waals surface area contributed by atoms with E-state index < -0.39 is 10.9 Å². The number of hydrogen-bond donors (Lipinski definition) is 0. The van der Waals surface area contributed by atoms with Crippen LogP contribution in [0.1, 0.15) is 44.1 Å². The molecule has 27 heavy (non-hydrogen) atoms. The number of nitro groups is 1. The zero-order chi connectivity index (χ0) is 19.0. The fourth-order valence-corrected chi connectivity index (χ4v) is 5.66. The molecule has 4 saturated carbocycles. The average molecular weight is 369 g/mol. The first-order valence-electron chi connectivity index (χ1n) is 9.56. The first kappa shape index (κ1) is 17.9. The number of esters is 1. The minimum absolute atomic E-state index is 0.00380. The second-order valence-electron chi connectivity index (χ2n) is 8.41. The summed E-state index contributed by atoms with van der Waals surface area (Å²) in [5.41, 5.74) is 0.401. The third-order valence-electron chi connectivity index (χ3n) is 6.49. The topological polar surface area (TPSA) is 86.5 Å². The Morgan fingerprint density at radius 3 is 2.15 bits per heavy atom. The van der Waals surface area contributed by atoms with Crippen LogP contribution in [0, 0.1) is 33.3 Å². The predicted molar refractivity (Wildman–Crippen MR) is 98.7 cm³/mol. The summed E-state index contributed by atoms with van der Waals surface area (Å²) in [6.07, 6.45) is 9.49. The van der Waals surface area contributed by atoms with E-state index in [2.05, 4.69) is 0 Å². The zero-order valence-electron chi connectivity index (χ0n) is 15.1. The van der Waals surface area contributed by atoms with Gasteiger partial charge in [-0.3, -0.25) is 14.9 Å². The van der Waals surface area contributed by atoms with Crippen molar-refractivity contribution in [2.45, 2.75) is 38.5 Å². The highest BCUT2D eigenvalue weighted by molar-refractivity contribution is 5.91. The normalized spacial score (nSPS) is 31.2. The third-order valence-corrected chi connectivity index (χ3v) is 6.49. The fourth-order valence-electron chi connectivity index (χ4n) is 5.66. The number of benzene rings is 1. The van der Waals surface area contributed by atoms with Crippen molar-refractivity contribution in [3.05, 3.63) is 46.0 Å². The Kier molecular flexibility index (Phi) is 4.58. The van der Waals surface area contributed by atoms with Crippen molar-refractivity contribution < 1.29 is 19.2 Å². The van der Waals surface area contributed by atoms with E-state index in [0.29, 0.717) is 23.3 Å². The molecule has 0 radical (unpaired) electrons. The Labute approximate surface area is 157 Å².